The van der Waals surface area contributed by atoms with Crippen LogP contribution >= 0.6 is 0 Å². The number of fused-ring (bicyclic) bond motifs is 1. The summed E-state index contributed by atoms with van der Waals surface area (Å²) < 4.78 is 39.0. The number of rotatable bonds is 4. The molecule has 1 amide bonds. The van der Waals surface area contributed by atoms with Crippen LogP contribution in [-0.4, -0.2) is 31.8 Å². The molecule has 0 aliphatic carbocycles. The number of hydrogen-bond donors (Lipinski definition) is 0. The van der Waals surface area contributed by atoms with E-state index in [1.165, 1.54) is 17.3 Å². The van der Waals surface area contributed by atoms with Gasteiger partial charge < -0.3 is 0 Å². The van der Waals surface area contributed by atoms with Crippen LogP contribution in [0, 0.1) is 6.92 Å². The Bertz CT molecular complexity index is 1170. The molecule has 0 aromatic carbocycles. The van der Waals surface area contributed by atoms with Crippen molar-refractivity contribution in [1.82, 2.24) is 19.7 Å². The van der Waals surface area contributed by atoms with Gasteiger partial charge in [-0.1, -0.05) is 6.92 Å². The molecule has 0 saturated carbocycles. The molecule has 0 saturated heterocycles. The van der Waals surface area contributed by atoms with Gasteiger partial charge in [-0.2, -0.15) is 18.3 Å². The van der Waals surface area contributed by atoms with E-state index in [2.05, 4.69) is 10.1 Å². The van der Waals surface area contributed by atoms with E-state index in [-0.39, 0.29) is 5.91 Å². The average Bonchev–Trinajstić information content (AvgIpc) is 3.20. The maximum atomic E-state index is 13.3. The second-order valence-corrected chi connectivity index (χ2v) is 8.19. The molecule has 0 radical (unpaired) electrons. The van der Waals surface area contributed by atoms with Crippen molar-refractivity contribution in [1.29, 1.82) is 0 Å². The summed E-state index contributed by atoms with van der Waals surface area (Å²) in [7, 11) is 0. The van der Waals surface area contributed by atoms with Crippen LogP contribution < -0.4 is 4.90 Å². The zero-order valence-electron chi connectivity index (χ0n) is 17.7. The van der Waals surface area contributed by atoms with Gasteiger partial charge in [0, 0.05) is 24.2 Å². The number of hydrogen-bond acceptors (Lipinski definition) is 4. The summed E-state index contributed by atoms with van der Waals surface area (Å²) in [4.78, 5) is 23.8. The van der Waals surface area contributed by atoms with Crippen LogP contribution in [0.5, 0.6) is 0 Å². The van der Waals surface area contributed by atoms with Crippen molar-refractivity contribution < 1.29 is 18.0 Å². The van der Waals surface area contributed by atoms with E-state index in [0.717, 1.165) is 27.8 Å². The maximum absolute atomic E-state index is 13.3. The molecule has 0 fully saturated rings. The van der Waals surface area contributed by atoms with Crippen molar-refractivity contribution in [3.8, 4) is 11.3 Å². The molecule has 4 rings (SSSR count). The van der Waals surface area contributed by atoms with Crippen molar-refractivity contribution in [2.24, 2.45) is 0 Å². The molecule has 0 unspecified atom stereocenters. The van der Waals surface area contributed by atoms with Gasteiger partial charge in [-0.25, -0.2) is 4.98 Å². The standard InChI is InChI=1S/C22H22F3N5O/c1-5-14-7-15(9-26-8-14)17-6-13(2)18-19(28-17)21(3,4)30(20(18)31)16-10-27-29(11-16)12-22(23,24)25/h6-11H,5,12H2,1-4H3. The first kappa shape index (κ1) is 21.0. The lowest BCUT2D eigenvalue weighted by molar-refractivity contribution is -0.142. The molecule has 1 aliphatic heterocycles. The predicted octanol–water partition coefficient (Wildman–Crippen LogP) is 4.67. The lowest BCUT2D eigenvalue weighted by Gasteiger charge is -2.30. The summed E-state index contributed by atoms with van der Waals surface area (Å²) in [6.07, 6.45) is 2.49. The minimum atomic E-state index is -4.40. The fourth-order valence-electron chi connectivity index (χ4n) is 4.00. The monoisotopic (exact) mass is 429 g/mol. The van der Waals surface area contributed by atoms with E-state index in [1.807, 2.05) is 39.8 Å². The summed E-state index contributed by atoms with van der Waals surface area (Å²) in [5, 5.41) is 3.79. The van der Waals surface area contributed by atoms with E-state index in [0.29, 0.717) is 22.6 Å². The van der Waals surface area contributed by atoms with Gasteiger partial charge in [0.25, 0.3) is 5.91 Å². The number of alkyl halides is 3. The molecule has 9 heteroatoms. The Morgan fingerprint density at radius 3 is 2.55 bits per heavy atom. The highest BCUT2D eigenvalue weighted by Gasteiger charge is 2.47. The summed E-state index contributed by atoms with van der Waals surface area (Å²) in [5.41, 5.74) is 3.87. The van der Waals surface area contributed by atoms with Crippen LogP contribution in [0.15, 0.2) is 36.9 Å². The number of aromatic nitrogens is 4. The smallest absolute Gasteiger partial charge is 0.294 e. The Morgan fingerprint density at radius 2 is 1.87 bits per heavy atom. The van der Waals surface area contributed by atoms with E-state index in [9.17, 15) is 18.0 Å². The van der Waals surface area contributed by atoms with Gasteiger partial charge in [-0.15, -0.1) is 0 Å². The molecule has 1 aliphatic rings. The highest BCUT2D eigenvalue weighted by Crippen LogP contribution is 2.43. The summed E-state index contributed by atoms with van der Waals surface area (Å²) in [5.74, 6) is -0.302. The second-order valence-electron chi connectivity index (χ2n) is 8.19. The average molecular weight is 429 g/mol. The van der Waals surface area contributed by atoms with E-state index < -0.39 is 18.3 Å². The Kier molecular flexibility index (Phi) is 4.87. The van der Waals surface area contributed by atoms with Crippen molar-refractivity contribution in [2.75, 3.05) is 4.90 Å². The largest absolute Gasteiger partial charge is 0.408 e. The molecule has 162 valence electrons. The molecule has 4 heterocycles. The molecular weight excluding hydrogens is 407 g/mol. The van der Waals surface area contributed by atoms with Crippen LogP contribution in [-0.2, 0) is 18.5 Å². The third-order valence-corrected chi connectivity index (χ3v) is 5.49. The molecule has 0 atom stereocenters. The van der Waals surface area contributed by atoms with Crippen molar-refractivity contribution in [3.05, 3.63) is 59.3 Å². The molecule has 6 nitrogen and oxygen atoms in total. The number of nitrogens with zero attached hydrogens (tertiary/aromatic N) is 5. The van der Waals surface area contributed by atoms with Gasteiger partial charge in [-0.05, 0) is 50.5 Å². The van der Waals surface area contributed by atoms with Crippen molar-refractivity contribution in [2.45, 2.75) is 52.4 Å². The minimum Gasteiger partial charge on any atom is -0.294 e. The zero-order valence-corrected chi connectivity index (χ0v) is 17.7. The number of carbonyl (C=O) groups is 1. The fraction of sp³-hybridized carbons (Fsp3) is 0.364. The van der Waals surface area contributed by atoms with Gasteiger partial charge in [-0.3, -0.25) is 19.4 Å². The first-order valence-corrected chi connectivity index (χ1v) is 9.91. The van der Waals surface area contributed by atoms with Crippen LogP contribution in [0.4, 0.5) is 18.9 Å². The van der Waals surface area contributed by atoms with E-state index in [1.54, 1.807) is 12.4 Å². The lowest BCUT2D eigenvalue weighted by Crippen LogP contribution is -2.39. The number of halogens is 3. The van der Waals surface area contributed by atoms with Gasteiger partial charge in [0.1, 0.15) is 6.54 Å². The highest BCUT2D eigenvalue weighted by molar-refractivity contribution is 6.12. The van der Waals surface area contributed by atoms with E-state index >= 15 is 0 Å². The molecule has 3 aromatic heterocycles. The maximum Gasteiger partial charge on any atom is 0.408 e. The first-order valence-electron chi connectivity index (χ1n) is 9.91. The third kappa shape index (κ3) is 3.68. The topological polar surface area (TPSA) is 63.9 Å². The number of pyridine rings is 2. The number of anilines is 1. The SMILES string of the molecule is CCc1cncc(-c2cc(C)c3c(n2)C(C)(C)N(c2cnn(CC(F)(F)F)c2)C3=O)c1. The van der Waals surface area contributed by atoms with Gasteiger partial charge >= 0.3 is 6.18 Å². The molecule has 0 bridgehead atoms. The Labute approximate surface area is 177 Å². The minimum absolute atomic E-state index is 0.299. The van der Waals surface area contributed by atoms with Gasteiger partial charge in [0.05, 0.1) is 34.4 Å². The second kappa shape index (κ2) is 7.18. The molecule has 31 heavy (non-hydrogen) atoms. The van der Waals surface area contributed by atoms with Crippen molar-refractivity contribution >= 4 is 11.6 Å². The van der Waals surface area contributed by atoms with Crippen LogP contribution in [0.1, 0.15) is 48.0 Å². The van der Waals surface area contributed by atoms with Crippen LogP contribution in [0.3, 0.4) is 0 Å². The zero-order chi connectivity index (χ0) is 22.6. The Hall–Kier alpha value is -3.23. The fourth-order valence-corrected chi connectivity index (χ4v) is 4.00. The lowest BCUT2D eigenvalue weighted by atomic mass is 9.96. The van der Waals surface area contributed by atoms with Crippen LogP contribution in [0.2, 0.25) is 0 Å². The Morgan fingerprint density at radius 1 is 1.13 bits per heavy atom. The normalized spacial score (nSPS) is 15.5. The molecule has 0 N–H and O–H groups in total. The number of aryl methyl sites for hydroxylation is 2. The predicted molar refractivity (Wildman–Crippen MR) is 110 cm³/mol. The van der Waals surface area contributed by atoms with Gasteiger partial charge in [0.15, 0.2) is 0 Å². The number of carbonyl (C=O) groups excluding carboxylic acids is 1. The highest BCUT2D eigenvalue weighted by atomic mass is 19.4. The molecule has 3 aromatic rings. The molecule has 0 spiro atoms. The summed E-state index contributed by atoms with van der Waals surface area (Å²) in [6.45, 7) is 6.32. The third-order valence-electron chi connectivity index (χ3n) is 5.49. The molecular formula is C22H22F3N5O. The number of amides is 1. The van der Waals surface area contributed by atoms with E-state index in [4.69, 9.17) is 4.98 Å². The van der Waals surface area contributed by atoms with Gasteiger partial charge in [0.2, 0.25) is 0 Å². The Balaban J connectivity index is 1.77. The summed E-state index contributed by atoms with van der Waals surface area (Å²) in [6, 6.07) is 3.86. The quantitative estimate of drug-likeness (QED) is 0.605. The van der Waals surface area contributed by atoms with Crippen molar-refractivity contribution in [3.63, 3.8) is 0 Å². The summed E-state index contributed by atoms with van der Waals surface area (Å²) >= 11 is 0. The first-order chi connectivity index (χ1) is 14.5. The van der Waals surface area contributed by atoms with Crippen LogP contribution in [0.25, 0.3) is 11.3 Å².